The molecular weight excluding hydrogens is 370 g/mol. The van der Waals surface area contributed by atoms with Crippen LogP contribution in [0.3, 0.4) is 0 Å². The van der Waals surface area contributed by atoms with Gasteiger partial charge in [-0.3, -0.25) is 0 Å². The summed E-state index contributed by atoms with van der Waals surface area (Å²) in [5.74, 6) is 0. The molecule has 30 heavy (non-hydrogen) atoms. The van der Waals surface area contributed by atoms with Gasteiger partial charge in [-0.15, -0.1) is 0 Å². The van der Waals surface area contributed by atoms with E-state index < -0.39 is 0 Å². The van der Waals surface area contributed by atoms with Crippen molar-refractivity contribution in [3.8, 4) is 0 Å². The van der Waals surface area contributed by atoms with E-state index in [9.17, 15) is 0 Å². The van der Waals surface area contributed by atoms with Crippen LogP contribution < -0.4 is 10.6 Å². The molecular formula is C25H37N5. The number of hydrogen-bond donors (Lipinski definition) is 2. The summed E-state index contributed by atoms with van der Waals surface area (Å²) in [5.41, 5.74) is 4.77. The van der Waals surface area contributed by atoms with Gasteiger partial charge in [-0.25, -0.2) is 4.98 Å². The zero-order valence-electron chi connectivity index (χ0n) is 19.0. The molecule has 3 aromatic rings. The first-order chi connectivity index (χ1) is 14.5. The molecule has 0 fully saturated rings. The Morgan fingerprint density at radius 1 is 0.700 bits per heavy atom. The number of rotatable bonds is 12. The van der Waals surface area contributed by atoms with Crippen LogP contribution in [0.4, 0.5) is 0 Å². The highest BCUT2D eigenvalue weighted by molar-refractivity contribution is 5.95. The standard InChI is InChI=1S/C25H37N5/c1-29(2)15-7-13-26-18-22-11-5-9-20-17-21-10-6-12-23(25(21)28-24(20)22)19-27-14-8-16-30(3)4/h5-6,9-12,17,26-27H,7-8,13-16,18-19H2,1-4H3. The topological polar surface area (TPSA) is 43.4 Å². The molecule has 1 heterocycles. The molecule has 0 saturated carbocycles. The second kappa shape index (κ2) is 11.4. The molecule has 0 unspecified atom stereocenters. The Morgan fingerprint density at radius 3 is 1.60 bits per heavy atom. The Kier molecular flexibility index (Phi) is 8.58. The Morgan fingerprint density at radius 2 is 1.17 bits per heavy atom. The third kappa shape index (κ3) is 6.47. The second-order valence-corrected chi connectivity index (χ2v) is 8.63. The van der Waals surface area contributed by atoms with Gasteiger partial charge in [0.25, 0.3) is 0 Å². The van der Waals surface area contributed by atoms with Crippen LogP contribution in [0.2, 0.25) is 0 Å². The molecule has 0 amide bonds. The van der Waals surface area contributed by atoms with Gasteiger partial charge in [0.05, 0.1) is 11.0 Å². The highest BCUT2D eigenvalue weighted by atomic mass is 15.1. The molecule has 0 aliphatic rings. The fourth-order valence-electron chi connectivity index (χ4n) is 3.78. The smallest absolute Gasteiger partial charge is 0.0754 e. The van der Waals surface area contributed by atoms with Crippen LogP contribution in [-0.4, -0.2) is 69.2 Å². The molecule has 2 N–H and O–H groups in total. The van der Waals surface area contributed by atoms with Gasteiger partial charge in [0.2, 0.25) is 0 Å². The predicted octanol–water partition coefficient (Wildman–Crippen LogP) is 3.47. The molecule has 3 rings (SSSR count). The second-order valence-electron chi connectivity index (χ2n) is 8.63. The molecule has 0 atom stereocenters. The van der Waals surface area contributed by atoms with Crippen LogP contribution >= 0.6 is 0 Å². The van der Waals surface area contributed by atoms with Crippen molar-refractivity contribution >= 4 is 21.8 Å². The molecule has 5 nitrogen and oxygen atoms in total. The van der Waals surface area contributed by atoms with E-state index in [4.69, 9.17) is 4.98 Å². The van der Waals surface area contributed by atoms with Crippen LogP contribution in [-0.2, 0) is 13.1 Å². The molecule has 0 saturated heterocycles. The van der Waals surface area contributed by atoms with E-state index in [1.54, 1.807) is 0 Å². The van der Waals surface area contributed by atoms with Gasteiger partial charge >= 0.3 is 0 Å². The minimum absolute atomic E-state index is 0.855. The van der Waals surface area contributed by atoms with Gasteiger partial charge in [-0.1, -0.05) is 36.4 Å². The average Bonchev–Trinajstić information content (AvgIpc) is 2.71. The molecule has 1 aromatic heterocycles. The zero-order valence-corrected chi connectivity index (χ0v) is 19.0. The van der Waals surface area contributed by atoms with Gasteiger partial charge in [0.15, 0.2) is 0 Å². The van der Waals surface area contributed by atoms with Gasteiger partial charge in [0, 0.05) is 23.9 Å². The number of nitrogens with zero attached hydrogens (tertiary/aromatic N) is 3. The number of para-hydroxylation sites is 2. The Hall–Kier alpha value is -2.05. The molecule has 162 valence electrons. The summed E-state index contributed by atoms with van der Waals surface area (Å²) in [4.78, 5) is 9.59. The molecule has 0 bridgehead atoms. The Balaban J connectivity index is 1.74. The highest BCUT2D eigenvalue weighted by Crippen LogP contribution is 2.24. The SMILES string of the molecule is CN(C)CCCNCc1cccc2cc3cccc(CNCCCN(C)C)c3nc12. The number of pyridine rings is 1. The van der Waals surface area contributed by atoms with Crippen LogP contribution in [0.15, 0.2) is 42.5 Å². The van der Waals surface area contributed by atoms with Crippen molar-refractivity contribution in [2.24, 2.45) is 0 Å². The zero-order chi connectivity index (χ0) is 21.3. The maximum Gasteiger partial charge on any atom is 0.0754 e. The van der Waals surface area contributed by atoms with Crippen molar-refractivity contribution in [3.05, 3.63) is 53.6 Å². The maximum atomic E-state index is 5.14. The van der Waals surface area contributed by atoms with Crippen molar-refractivity contribution in [3.63, 3.8) is 0 Å². The molecule has 0 aliphatic heterocycles. The van der Waals surface area contributed by atoms with E-state index in [2.05, 4.69) is 91.1 Å². The van der Waals surface area contributed by atoms with Crippen molar-refractivity contribution in [1.82, 2.24) is 25.4 Å². The number of nitrogens with one attached hydrogen (secondary N) is 2. The number of benzene rings is 2. The van der Waals surface area contributed by atoms with E-state index in [-0.39, 0.29) is 0 Å². The predicted molar refractivity (Wildman–Crippen MR) is 129 cm³/mol. The van der Waals surface area contributed by atoms with E-state index >= 15 is 0 Å². The molecule has 5 heteroatoms. The minimum Gasteiger partial charge on any atom is -0.313 e. The fraction of sp³-hybridized carbons (Fsp3) is 0.480. The van der Waals surface area contributed by atoms with Crippen molar-refractivity contribution in [2.75, 3.05) is 54.4 Å². The summed E-state index contributed by atoms with van der Waals surface area (Å²) in [6, 6.07) is 15.3. The third-order valence-corrected chi connectivity index (χ3v) is 5.38. The van der Waals surface area contributed by atoms with Crippen molar-refractivity contribution in [1.29, 1.82) is 0 Å². The fourth-order valence-corrected chi connectivity index (χ4v) is 3.78. The summed E-state index contributed by atoms with van der Waals surface area (Å²) < 4.78 is 0. The lowest BCUT2D eigenvalue weighted by atomic mass is 10.0. The van der Waals surface area contributed by atoms with Gasteiger partial charge < -0.3 is 20.4 Å². The summed E-state index contributed by atoms with van der Waals surface area (Å²) in [6.07, 6.45) is 2.30. The Labute approximate surface area is 181 Å². The van der Waals surface area contributed by atoms with Gasteiger partial charge in [-0.2, -0.15) is 0 Å². The van der Waals surface area contributed by atoms with Crippen molar-refractivity contribution < 1.29 is 0 Å². The summed E-state index contributed by atoms with van der Waals surface area (Å²) in [7, 11) is 8.48. The molecule has 2 aromatic carbocycles. The maximum absolute atomic E-state index is 5.14. The van der Waals surface area contributed by atoms with Gasteiger partial charge in [0.1, 0.15) is 0 Å². The number of aromatic nitrogens is 1. The van der Waals surface area contributed by atoms with Crippen LogP contribution in [0.1, 0.15) is 24.0 Å². The Bertz CT molecular complexity index is 862. The monoisotopic (exact) mass is 407 g/mol. The molecule has 0 aliphatic carbocycles. The third-order valence-electron chi connectivity index (χ3n) is 5.38. The number of fused-ring (bicyclic) bond motifs is 2. The lowest BCUT2D eigenvalue weighted by molar-refractivity contribution is 0.394. The normalized spacial score (nSPS) is 11.9. The largest absolute Gasteiger partial charge is 0.313 e. The van der Waals surface area contributed by atoms with Gasteiger partial charge in [-0.05, 0) is 84.4 Å². The van der Waals surface area contributed by atoms with E-state index in [1.165, 1.54) is 21.9 Å². The number of hydrogen-bond acceptors (Lipinski definition) is 5. The highest BCUT2D eigenvalue weighted by Gasteiger charge is 2.08. The lowest BCUT2D eigenvalue weighted by Gasteiger charge is -2.13. The van der Waals surface area contributed by atoms with Crippen LogP contribution in [0.5, 0.6) is 0 Å². The first-order valence-electron chi connectivity index (χ1n) is 11.1. The van der Waals surface area contributed by atoms with Crippen LogP contribution in [0.25, 0.3) is 21.8 Å². The van der Waals surface area contributed by atoms with E-state index in [0.717, 1.165) is 63.1 Å². The lowest BCUT2D eigenvalue weighted by Crippen LogP contribution is -2.21. The molecule has 0 radical (unpaired) electrons. The van der Waals surface area contributed by atoms with E-state index in [0.29, 0.717) is 0 Å². The quantitative estimate of drug-likeness (QED) is 0.355. The average molecular weight is 408 g/mol. The summed E-state index contributed by atoms with van der Waals surface area (Å²) in [6.45, 7) is 5.96. The van der Waals surface area contributed by atoms with Crippen molar-refractivity contribution in [2.45, 2.75) is 25.9 Å². The van der Waals surface area contributed by atoms with E-state index in [1.807, 2.05) is 0 Å². The summed E-state index contributed by atoms with van der Waals surface area (Å²) in [5, 5.41) is 9.60. The summed E-state index contributed by atoms with van der Waals surface area (Å²) >= 11 is 0. The minimum atomic E-state index is 0.855. The van der Waals surface area contributed by atoms with Crippen LogP contribution in [0, 0.1) is 0 Å². The molecule has 0 spiro atoms. The first-order valence-corrected chi connectivity index (χ1v) is 11.1. The first kappa shape index (κ1) is 22.6.